The number of rotatable bonds is 2. The fraction of sp³-hybridized carbons (Fsp3) is 1.00. The first kappa shape index (κ1) is 5.19. The lowest BCUT2D eigenvalue weighted by molar-refractivity contribution is 1.47. The van der Waals surface area contributed by atoms with Crippen LogP contribution in [0.5, 0.6) is 0 Å². The highest BCUT2D eigenvalue weighted by Gasteiger charge is 1.75. The summed E-state index contributed by atoms with van der Waals surface area (Å²) in [6.07, 6.45) is 1.34. The van der Waals surface area contributed by atoms with Crippen LogP contribution in [0.15, 0.2) is 0 Å². The van der Waals surface area contributed by atoms with Gasteiger partial charge in [-0.05, 0) is 0 Å². The fourth-order valence-corrected chi connectivity index (χ4v) is 0.354. The summed E-state index contributed by atoms with van der Waals surface area (Å²) in [7, 11) is 4.94. The van der Waals surface area contributed by atoms with Gasteiger partial charge in [-0.3, -0.25) is 0 Å². The maximum Gasteiger partial charge on any atom is 0.0776 e. The molecule has 0 bridgehead atoms. The Bertz CT molecular complexity index is 12.4. The second kappa shape index (κ2) is 4.19. The SMILES string of the molecule is BBBCC. The summed E-state index contributed by atoms with van der Waals surface area (Å²) < 4.78 is 0. The van der Waals surface area contributed by atoms with E-state index in [1.54, 1.807) is 0 Å². The summed E-state index contributed by atoms with van der Waals surface area (Å²) in [4.78, 5) is 0. The molecular formula is C2H9B3. The van der Waals surface area contributed by atoms with E-state index in [9.17, 15) is 0 Å². The summed E-state index contributed by atoms with van der Waals surface area (Å²) in [6, 6.07) is 0. The van der Waals surface area contributed by atoms with Crippen molar-refractivity contribution >= 4 is 22.0 Å². The summed E-state index contributed by atoms with van der Waals surface area (Å²) in [6.45, 7) is 2.21. The van der Waals surface area contributed by atoms with Gasteiger partial charge in [-0.1, -0.05) is 13.2 Å². The number of hydrogen-bond donors (Lipinski definition) is 0. The summed E-state index contributed by atoms with van der Waals surface area (Å²) in [5, 5.41) is 0. The average Bonchev–Trinajstić information content (AvgIpc) is 1.41. The van der Waals surface area contributed by atoms with Crippen molar-refractivity contribution in [3.63, 3.8) is 0 Å². The van der Waals surface area contributed by atoms with Gasteiger partial charge in [0.25, 0.3) is 0 Å². The van der Waals surface area contributed by atoms with E-state index in [0.717, 1.165) is 0 Å². The van der Waals surface area contributed by atoms with Crippen LogP contribution in [0.3, 0.4) is 0 Å². The topological polar surface area (TPSA) is 0 Å². The molecular weight excluding hydrogens is 56.5 g/mol. The smallest absolute Gasteiger partial charge is 0.0776 e. The second-order valence-electron chi connectivity index (χ2n) is 1.35. The molecule has 0 nitrogen and oxygen atoms in total. The molecule has 0 aliphatic heterocycles. The van der Waals surface area contributed by atoms with Crippen molar-refractivity contribution in [2.45, 2.75) is 13.2 Å². The lowest BCUT2D eigenvalue weighted by atomic mass is 9.27. The molecule has 26 valence electrons. The minimum Gasteiger partial charge on any atom is -0.0881 e. The Morgan fingerprint density at radius 1 is 1.80 bits per heavy atom. The van der Waals surface area contributed by atoms with Gasteiger partial charge in [0.05, 0.1) is 22.0 Å². The molecule has 0 rings (SSSR count). The van der Waals surface area contributed by atoms with Crippen LogP contribution in [0.1, 0.15) is 6.92 Å². The van der Waals surface area contributed by atoms with E-state index in [4.69, 9.17) is 0 Å². The van der Waals surface area contributed by atoms with Crippen molar-refractivity contribution in [2.24, 2.45) is 0 Å². The van der Waals surface area contributed by atoms with Crippen LogP contribution in [-0.4, -0.2) is 22.0 Å². The largest absolute Gasteiger partial charge is 0.0881 e. The van der Waals surface area contributed by atoms with Gasteiger partial charge in [-0.25, -0.2) is 0 Å². The maximum atomic E-state index is 2.21. The Hall–Kier alpha value is 0.195. The van der Waals surface area contributed by atoms with E-state index < -0.39 is 0 Å². The van der Waals surface area contributed by atoms with Crippen LogP contribution in [0, 0.1) is 0 Å². The van der Waals surface area contributed by atoms with Crippen LogP contribution in [-0.2, 0) is 0 Å². The third-order valence-electron chi connectivity index (χ3n) is 0.707. The first-order chi connectivity index (χ1) is 2.41. The van der Waals surface area contributed by atoms with E-state index in [1.807, 2.05) is 0 Å². The standard InChI is InChI=1S/C2H9B3/c1-2-4-5-3/h4-5H,2-3H2,1H3. The minimum absolute atomic E-state index is 1.34. The molecule has 0 saturated heterocycles. The van der Waals surface area contributed by atoms with E-state index in [-0.39, 0.29) is 0 Å². The van der Waals surface area contributed by atoms with Gasteiger partial charge < -0.3 is 0 Å². The Labute approximate surface area is 36.2 Å². The lowest BCUT2D eigenvalue weighted by Gasteiger charge is -1.72. The van der Waals surface area contributed by atoms with Crippen molar-refractivity contribution in [3.05, 3.63) is 0 Å². The lowest BCUT2D eigenvalue weighted by Crippen LogP contribution is -1.98. The van der Waals surface area contributed by atoms with Crippen LogP contribution in [0.4, 0.5) is 0 Å². The molecule has 0 amide bonds. The molecule has 0 aromatic carbocycles. The van der Waals surface area contributed by atoms with Crippen molar-refractivity contribution in [1.29, 1.82) is 0 Å². The van der Waals surface area contributed by atoms with Crippen molar-refractivity contribution in [1.82, 2.24) is 0 Å². The maximum absolute atomic E-state index is 2.21. The van der Waals surface area contributed by atoms with Gasteiger partial charge in [-0.2, -0.15) is 0 Å². The summed E-state index contributed by atoms with van der Waals surface area (Å²) in [5.74, 6) is 0. The van der Waals surface area contributed by atoms with E-state index in [1.165, 1.54) is 20.6 Å². The molecule has 0 spiro atoms. The van der Waals surface area contributed by atoms with Crippen LogP contribution >= 0.6 is 0 Å². The number of hydrogen-bond acceptors (Lipinski definition) is 0. The molecule has 0 radical (unpaired) electrons. The third kappa shape index (κ3) is 4.19. The first-order valence-electron chi connectivity index (χ1n) is 2.41. The summed E-state index contributed by atoms with van der Waals surface area (Å²) >= 11 is 0. The van der Waals surface area contributed by atoms with Crippen molar-refractivity contribution in [2.75, 3.05) is 0 Å². The zero-order chi connectivity index (χ0) is 4.12. The van der Waals surface area contributed by atoms with Crippen LogP contribution in [0.2, 0.25) is 6.32 Å². The molecule has 0 aromatic rings. The second-order valence-corrected chi connectivity index (χ2v) is 1.35. The molecule has 0 heterocycles. The van der Waals surface area contributed by atoms with Gasteiger partial charge in [0.2, 0.25) is 0 Å². The molecule has 3 heteroatoms. The molecule has 0 fully saturated rings. The monoisotopic (exact) mass is 66.1 g/mol. The van der Waals surface area contributed by atoms with Gasteiger partial charge in [0.15, 0.2) is 0 Å². The normalized spacial score (nSPS) is 6.60. The Morgan fingerprint density at radius 2 is 2.40 bits per heavy atom. The van der Waals surface area contributed by atoms with Crippen molar-refractivity contribution in [3.8, 4) is 0 Å². The highest BCUT2D eigenvalue weighted by Crippen LogP contribution is 1.63. The zero-order valence-corrected chi connectivity index (χ0v) is 4.12. The van der Waals surface area contributed by atoms with Crippen LogP contribution in [0.25, 0.3) is 0 Å². The predicted octanol–water partition coefficient (Wildman–Crippen LogP) is -1.24. The highest BCUT2D eigenvalue weighted by atomic mass is 13.3. The highest BCUT2D eigenvalue weighted by molar-refractivity contribution is 7.23. The Morgan fingerprint density at radius 3 is 2.40 bits per heavy atom. The minimum atomic E-state index is 1.34. The van der Waals surface area contributed by atoms with E-state index in [0.29, 0.717) is 0 Å². The van der Waals surface area contributed by atoms with Gasteiger partial charge >= 0.3 is 0 Å². The third-order valence-corrected chi connectivity index (χ3v) is 0.707. The molecule has 0 aliphatic carbocycles. The fourth-order valence-electron chi connectivity index (χ4n) is 0.354. The Balaban J connectivity index is 2.19. The molecule has 0 unspecified atom stereocenters. The van der Waals surface area contributed by atoms with Crippen LogP contribution < -0.4 is 0 Å². The van der Waals surface area contributed by atoms with Gasteiger partial charge in [0.1, 0.15) is 0 Å². The van der Waals surface area contributed by atoms with Gasteiger partial charge in [0, 0.05) is 0 Å². The van der Waals surface area contributed by atoms with E-state index >= 15 is 0 Å². The molecule has 0 N–H and O–H groups in total. The molecule has 0 atom stereocenters. The predicted molar refractivity (Wildman–Crippen MR) is 33.3 cm³/mol. The first-order valence-corrected chi connectivity index (χ1v) is 2.41. The molecule has 5 heavy (non-hydrogen) atoms. The molecule has 0 aliphatic rings. The molecule has 0 aromatic heterocycles. The molecule has 0 saturated carbocycles. The van der Waals surface area contributed by atoms with Gasteiger partial charge in [-0.15, -0.1) is 0 Å². The Kier molecular flexibility index (Phi) is 4.36. The van der Waals surface area contributed by atoms with Crippen molar-refractivity contribution < 1.29 is 0 Å². The quantitative estimate of drug-likeness (QED) is 0.353. The summed E-state index contributed by atoms with van der Waals surface area (Å²) in [5.41, 5.74) is 0. The zero-order valence-electron chi connectivity index (χ0n) is 4.12. The van der Waals surface area contributed by atoms with E-state index in [2.05, 4.69) is 14.7 Å². The average molecular weight is 65.5 g/mol.